The van der Waals surface area contributed by atoms with Gasteiger partial charge in [-0.2, -0.15) is 0 Å². The number of thiophene rings is 2. The van der Waals surface area contributed by atoms with Crippen molar-refractivity contribution in [2.45, 2.75) is 19.3 Å². The Morgan fingerprint density at radius 2 is 2.10 bits per heavy atom. The predicted octanol–water partition coefficient (Wildman–Crippen LogP) is 2.22. The maximum Gasteiger partial charge on any atom is 0.266 e. The maximum absolute atomic E-state index is 12.1. The van der Waals surface area contributed by atoms with E-state index in [4.69, 9.17) is 5.73 Å². The standard InChI is InChI=1S/C14H12N2O3S2/c15-12(18)11-8-4-3-7(17)6-10(8)21-14(11)16-13(19)9-2-1-5-20-9/h1-2,5H,3-4,6H2,(H2,15,18)(H,16,19). The van der Waals surface area contributed by atoms with Gasteiger partial charge in [-0.25, -0.2) is 0 Å². The van der Waals surface area contributed by atoms with Crippen LogP contribution in [0.2, 0.25) is 0 Å². The topological polar surface area (TPSA) is 89.3 Å². The van der Waals surface area contributed by atoms with E-state index in [2.05, 4.69) is 5.32 Å². The first-order valence-corrected chi connectivity index (χ1v) is 8.06. The molecule has 0 fully saturated rings. The summed E-state index contributed by atoms with van der Waals surface area (Å²) < 4.78 is 0. The Bertz CT molecular complexity index is 732. The van der Waals surface area contributed by atoms with E-state index in [1.807, 2.05) is 5.38 Å². The van der Waals surface area contributed by atoms with E-state index < -0.39 is 5.91 Å². The van der Waals surface area contributed by atoms with Gasteiger partial charge < -0.3 is 11.1 Å². The number of fused-ring (bicyclic) bond motifs is 1. The van der Waals surface area contributed by atoms with Gasteiger partial charge in [0.15, 0.2) is 0 Å². The number of carbonyl (C=O) groups is 3. The quantitative estimate of drug-likeness (QED) is 0.908. The Morgan fingerprint density at radius 1 is 1.29 bits per heavy atom. The SMILES string of the molecule is NC(=O)c1c(NC(=O)c2cccs2)sc2c1CCC(=O)C2. The molecule has 5 nitrogen and oxygen atoms in total. The van der Waals surface area contributed by atoms with E-state index in [-0.39, 0.29) is 11.7 Å². The van der Waals surface area contributed by atoms with Gasteiger partial charge in [-0.05, 0) is 23.4 Å². The van der Waals surface area contributed by atoms with Crippen LogP contribution in [0.25, 0.3) is 0 Å². The van der Waals surface area contributed by atoms with E-state index in [1.54, 1.807) is 12.1 Å². The van der Waals surface area contributed by atoms with Crippen LogP contribution in [0.15, 0.2) is 17.5 Å². The molecule has 108 valence electrons. The van der Waals surface area contributed by atoms with Crippen molar-refractivity contribution in [3.63, 3.8) is 0 Å². The molecule has 0 saturated heterocycles. The third kappa shape index (κ3) is 2.62. The third-order valence-corrected chi connectivity index (χ3v) is 5.34. The summed E-state index contributed by atoms with van der Waals surface area (Å²) in [5.74, 6) is -0.684. The van der Waals surface area contributed by atoms with E-state index in [0.717, 1.165) is 10.4 Å². The summed E-state index contributed by atoms with van der Waals surface area (Å²) in [6, 6.07) is 3.49. The lowest BCUT2D eigenvalue weighted by Gasteiger charge is -2.10. The summed E-state index contributed by atoms with van der Waals surface area (Å²) in [5, 5.41) is 5.00. The molecule has 21 heavy (non-hydrogen) atoms. The average molecular weight is 320 g/mol. The first kappa shape index (κ1) is 14.0. The van der Waals surface area contributed by atoms with Crippen LogP contribution in [0.3, 0.4) is 0 Å². The van der Waals surface area contributed by atoms with Crippen molar-refractivity contribution in [3.8, 4) is 0 Å². The molecule has 0 bridgehead atoms. The van der Waals surface area contributed by atoms with Gasteiger partial charge in [0.1, 0.15) is 10.8 Å². The summed E-state index contributed by atoms with van der Waals surface area (Å²) in [6.07, 6.45) is 1.25. The van der Waals surface area contributed by atoms with Crippen LogP contribution < -0.4 is 11.1 Å². The number of nitrogens with two attached hydrogens (primary N) is 1. The Labute approximate surface area is 128 Å². The molecule has 2 aromatic heterocycles. The highest BCUT2D eigenvalue weighted by Crippen LogP contribution is 2.37. The number of rotatable bonds is 3. The summed E-state index contributed by atoms with van der Waals surface area (Å²) >= 11 is 2.59. The fourth-order valence-electron chi connectivity index (χ4n) is 2.37. The molecule has 0 unspecified atom stereocenters. The van der Waals surface area contributed by atoms with Crippen molar-refractivity contribution in [1.29, 1.82) is 0 Å². The second-order valence-corrected chi connectivity index (χ2v) is 6.77. The minimum Gasteiger partial charge on any atom is -0.365 e. The number of Topliss-reactive ketones (excluding diaryl/α,β-unsaturated/α-hetero) is 1. The Kier molecular flexibility index (Phi) is 3.60. The molecule has 2 amide bonds. The Balaban J connectivity index is 1.96. The van der Waals surface area contributed by atoms with E-state index >= 15 is 0 Å². The molecular formula is C14H12N2O3S2. The van der Waals surface area contributed by atoms with Gasteiger partial charge in [-0.1, -0.05) is 6.07 Å². The molecule has 0 saturated carbocycles. The number of hydrogen-bond donors (Lipinski definition) is 2. The number of primary amides is 1. The van der Waals surface area contributed by atoms with Gasteiger partial charge in [0, 0.05) is 17.7 Å². The highest BCUT2D eigenvalue weighted by Gasteiger charge is 2.27. The summed E-state index contributed by atoms with van der Waals surface area (Å²) in [6.45, 7) is 0. The molecule has 3 rings (SSSR count). The molecule has 0 atom stereocenters. The fourth-order valence-corrected chi connectivity index (χ4v) is 4.27. The largest absolute Gasteiger partial charge is 0.365 e. The lowest BCUT2D eigenvalue weighted by atomic mass is 9.94. The van der Waals surface area contributed by atoms with Crippen LogP contribution in [0.5, 0.6) is 0 Å². The second-order valence-electron chi connectivity index (χ2n) is 4.72. The monoisotopic (exact) mass is 320 g/mol. The molecule has 2 aromatic rings. The minimum atomic E-state index is -0.566. The number of anilines is 1. The third-order valence-electron chi connectivity index (χ3n) is 3.32. The van der Waals surface area contributed by atoms with Gasteiger partial charge >= 0.3 is 0 Å². The van der Waals surface area contributed by atoms with E-state index in [9.17, 15) is 14.4 Å². The van der Waals surface area contributed by atoms with Crippen LogP contribution in [0.4, 0.5) is 5.00 Å². The van der Waals surface area contributed by atoms with Gasteiger partial charge in [0.2, 0.25) is 0 Å². The van der Waals surface area contributed by atoms with Gasteiger partial charge in [0.25, 0.3) is 11.8 Å². The number of carbonyl (C=O) groups excluding carboxylic acids is 3. The van der Waals surface area contributed by atoms with Crippen LogP contribution in [0.1, 0.15) is 36.9 Å². The lowest BCUT2D eigenvalue weighted by molar-refractivity contribution is -0.118. The molecule has 7 heteroatoms. The number of nitrogens with one attached hydrogen (secondary N) is 1. The lowest BCUT2D eigenvalue weighted by Crippen LogP contribution is -2.19. The van der Waals surface area contributed by atoms with Crippen LogP contribution >= 0.6 is 22.7 Å². The highest BCUT2D eigenvalue weighted by molar-refractivity contribution is 7.17. The highest BCUT2D eigenvalue weighted by atomic mass is 32.1. The van der Waals surface area contributed by atoms with Crippen molar-refractivity contribution in [2.75, 3.05) is 5.32 Å². The van der Waals surface area contributed by atoms with Gasteiger partial charge in [-0.3, -0.25) is 14.4 Å². The van der Waals surface area contributed by atoms with Crippen molar-refractivity contribution >= 4 is 45.3 Å². The van der Waals surface area contributed by atoms with Crippen LogP contribution in [-0.2, 0) is 17.6 Å². The maximum atomic E-state index is 12.1. The van der Waals surface area contributed by atoms with E-state index in [1.165, 1.54) is 22.7 Å². The normalized spacial score (nSPS) is 13.8. The summed E-state index contributed by atoms with van der Waals surface area (Å²) in [4.78, 5) is 36.7. The zero-order chi connectivity index (χ0) is 15.0. The Hall–Kier alpha value is -1.99. The van der Waals surface area contributed by atoms with Crippen molar-refractivity contribution in [1.82, 2.24) is 0 Å². The predicted molar refractivity (Wildman–Crippen MR) is 82.1 cm³/mol. The van der Waals surface area contributed by atoms with E-state index in [0.29, 0.717) is 34.7 Å². The number of hydrogen-bond acceptors (Lipinski definition) is 5. The second kappa shape index (κ2) is 5.42. The number of amides is 2. The molecule has 0 spiro atoms. The molecular weight excluding hydrogens is 308 g/mol. The molecule has 0 radical (unpaired) electrons. The summed E-state index contributed by atoms with van der Waals surface area (Å²) in [7, 11) is 0. The zero-order valence-electron chi connectivity index (χ0n) is 11.0. The first-order valence-electron chi connectivity index (χ1n) is 6.37. The van der Waals surface area contributed by atoms with Crippen LogP contribution in [-0.4, -0.2) is 17.6 Å². The molecule has 1 aliphatic rings. The minimum absolute atomic E-state index is 0.149. The van der Waals surface area contributed by atoms with Crippen molar-refractivity contribution < 1.29 is 14.4 Å². The average Bonchev–Trinajstić information content (AvgIpc) is 3.04. The molecule has 2 heterocycles. The molecule has 0 aromatic carbocycles. The molecule has 1 aliphatic carbocycles. The number of ketones is 1. The fraction of sp³-hybridized carbons (Fsp3) is 0.214. The Morgan fingerprint density at radius 3 is 2.76 bits per heavy atom. The zero-order valence-corrected chi connectivity index (χ0v) is 12.6. The summed E-state index contributed by atoms with van der Waals surface area (Å²) in [5.41, 5.74) is 6.61. The van der Waals surface area contributed by atoms with Gasteiger partial charge in [0.05, 0.1) is 10.4 Å². The first-order chi connectivity index (χ1) is 10.1. The molecule has 0 aliphatic heterocycles. The van der Waals surface area contributed by atoms with Crippen molar-refractivity contribution in [3.05, 3.63) is 38.4 Å². The molecule has 3 N–H and O–H groups in total. The van der Waals surface area contributed by atoms with Crippen LogP contribution in [0, 0.1) is 0 Å². The van der Waals surface area contributed by atoms with Crippen molar-refractivity contribution in [2.24, 2.45) is 5.73 Å². The van der Waals surface area contributed by atoms with Gasteiger partial charge in [-0.15, -0.1) is 22.7 Å². The smallest absolute Gasteiger partial charge is 0.266 e.